The summed E-state index contributed by atoms with van der Waals surface area (Å²) in [5, 5.41) is 0. The van der Waals surface area contributed by atoms with Crippen molar-refractivity contribution in [3.63, 3.8) is 0 Å². The maximum atomic E-state index is 13.2. The Bertz CT molecular complexity index is 1100. The molecule has 0 bridgehead atoms. The summed E-state index contributed by atoms with van der Waals surface area (Å²) in [6.45, 7) is 2.80. The molecule has 4 rings (SSSR count). The number of ether oxygens (including phenoxy) is 2. The Morgan fingerprint density at radius 3 is 2.55 bits per heavy atom. The highest BCUT2D eigenvalue weighted by Crippen LogP contribution is 2.31. The molecule has 9 heteroatoms. The van der Waals surface area contributed by atoms with E-state index in [0.29, 0.717) is 41.4 Å². The molecular weight excluding hydrogens is 411 g/mol. The first-order valence-corrected chi connectivity index (χ1v) is 9.49. The van der Waals surface area contributed by atoms with Gasteiger partial charge in [-0.2, -0.15) is 0 Å². The molecule has 0 atom stereocenters. The summed E-state index contributed by atoms with van der Waals surface area (Å²) < 4.78 is 46.7. The van der Waals surface area contributed by atoms with E-state index in [9.17, 15) is 18.0 Å². The van der Waals surface area contributed by atoms with Gasteiger partial charge in [-0.05, 0) is 48.4 Å². The fourth-order valence-corrected chi connectivity index (χ4v) is 3.29. The molecule has 2 aromatic carbocycles. The van der Waals surface area contributed by atoms with Crippen LogP contribution < -0.4 is 9.47 Å². The number of aryl methyl sites for hydroxylation is 1. The smallest absolute Gasteiger partial charge is 0.491 e. The van der Waals surface area contributed by atoms with Crippen molar-refractivity contribution in [1.29, 1.82) is 0 Å². The second-order valence-corrected chi connectivity index (χ2v) is 6.97. The van der Waals surface area contributed by atoms with Gasteiger partial charge in [0.05, 0.1) is 18.7 Å². The van der Waals surface area contributed by atoms with Gasteiger partial charge < -0.3 is 14.4 Å². The van der Waals surface area contributed by atoms with Gasteiger partial charge in [0.25, 0.3) is 5.91 Å². The van der Waals surface area contributed by atoms with Crippen LogP contribution in [0.4, 0.5) is 13.2 Å². The van der Waals surface area contributed by atoms with Gasteiger partial charge in [-0.25, -0.2) is 9.97 Å². The Balaban J connectivity index is 1.59. The molecule has 2 heterocycles. The monoisotopic (exact) mass is 429 g/mol. The van der Waals surface area contributed by atoms with Crippen LogP contribution in [0.3, 0.4) is 0 Å². The fraction of sp³-hybridized carbons (Fsp3) is 0.227. The van der Waals surface area contributed by atoms with Crippen LogP contribution in [0.1, 0.15) is 21.9 Å². The van der Waals surface area contributed by atoms with Crippen molar-refractivity contribution in [2.24, 2.45) is 0 Å². The van der Waals surface area contributed by atoms with Gasteiger partial charge in [0.15, 0.2) is 0 Å². The molecule has 0 saturated carbocycles. The van der Waals surface area contributed by atoms with Gasteiger partial charge in [0, 0.05) is 11.9 Å². The van der Waals surface area contributed by atoms with Crippen LogP contribution >= 0.6 is 0 Å². The van der Waals surface area contributed by atoms with E-state index in [1.54, 1.807) is 35.4 Å². The van der Waals surface area contributed by atoms with Gasteiger partial charge in [-0.15, -0.1) is 13.2 Å². The standard InChI is InChI=1S/C22H18F3N3O3/c1-14-8-9-26-20(27-14)13-28-10-11-30-19-7-4-16(12-18(19)21(28)29)15-2-5-17(6-3-15)31-22(23,24)25/h2-9,12H,10-11,13H2,1H3. The van der Waals surface area contributed by atoms with E-state index < -0.39 is 6.36 Å². The lowest BCUT2D eigenvalue weighted by Crippen LogP contribution is -2.32. The Labute approximate surface area is 176 Å². The number of halogens is 3. The minimum absolute atomic E-state index is 0.225. The number of alkyl halides is 3. The zero-order chi connectivity index (χ0) is 22.0. The third-order valence-electron chi connectivity index (χ3n) is 4.71. The SMILES string of the molecule is Cc1ccnc(CN2CCOc3ccc(-c4ccc(OC(F)(F)F)cc4)cc3C2=O)n1. The van der Waals surface area contributed by atoms with Gasteiger partial charge in [-0.1, -0.05) is 18.2 Å². The Morgan fingerprint density at radius 1 is 1.10 bits per heavy atom. The number of hydrogen-bond donors (Lipinski definition) is 0. The average Bonchev–Trinajstić information content (AvgIpc) is 2.86. The first kappa shape index (κ1) is 20.6. The zero-order valence-corrected chi connectivity index (χ0v) is 16.5. The first-order chi connectivity index (χ1) is 14.8. The summed E-state index contributed by atoms with van der Waals surface area (Å²) in [5.41, 5.74) is 2.49. The largest absolute Gasteiger partial charge is 0.573 e. The normalized spacial score (nSPS) is 13.9. The van der Waals surface area contributed by atoms with E-state index >= 15 is 0 Å². The van der Waals surface area contributed by atoms with Crippen molar-refractivity contribution in [3.05, 3.63) is 71.8 Å². The van der Waals surface area contributed by atoms with Crippen molar-refractivity contribution in [3.8, 4) is 22.6 Å². The topological polar surface area (TPSA) is 64.6 Å². The Hall–Kier alpha value is -3.62. The van der Waals surface area contributed by atoms with Gasteiger partial charge in [0.1, 0.15) is 23.9 Å². The predicted molar refractivity (Wildman–Crippen MR) is 106 cm³/mol. The molecule has 0 radical (unpaired) electrons. The first-order valence-electron chi connectivity index (χ1n) is 9.49. The molecular formula is C22H18F3N3O3. The summed E-state index contributed by atoms with van der Waals surface area (Å²) in [6, 6.07) is 12.4. The third-order valence-corrected chi connectivity index (χ3v) is 4.71. The summed E-state index contributed by atoms with van der Waals surface area (Å²) in [6.07, 6.45) is -3.10. The molecule has 0 N–H and O–H groups in total. The molecule has 1 aliphatic heterocycles. The molecule has 1 aromatic heterocycles. The van der Waals surface area contributed by atoms with E-state index in [0.717, 1.165) is 5.69 Å². The number of amides is 1. The maximum absolute atomic E-state index is 13.2. The molecule has 160 valence electrons. The highest BCUT2D eigenvalue weighted by Gasteiger charge is 2.31. The van der Waals surface area contributed by atoms with Crippen LogP contribution in [-0.2, 0) is 6.54 Å². The Kier molecular flexibility index (Phi) is 5.50. The van der Waals surface area contributed by atoms with E-state index in [4.69, 9.17) is 4.74 Å². The highest BCUT2D eigenvalue weighted by atomic mass is 19.4. The number of nitrogens with zero attached hydrogens (tertiary/aromatic N) is 3. The molecule has 0 saturated heterocycles. The maximum Gasteiger partial charge on any atom is 0.573 e. The second kappa shape index (κ2) is 8.25. The predicted octanol–water partition coefficient (Wildman–Crippen LogP) is 4.39. The van der Waals surface area contributed by atoms with Gasteiger partial charge in [0.2, 0.25) is 0 Å². The molecule has 1 aliphatic rings. The van der Waals surface area contributed by atoms with Crippen molar-refractivity contribution >= 4 is 5.91 Å². The summed E-state index contributed by atoms with van der Waals surface area (Å²) in [7, 11) is 0. The van der Waals surface area contributed by atoms with E-state index in [2.05, 4.69) is 14.7 Å². The number of carbonyl (C=O) groups excluding carboxylic acids is 1. The van der Waals surface area contributed by atoms with Crippen molar-refractivity contribution in [1.82, 2.24) is 14.9 Å². The van der Waals surface area contributed by atoms with E-state index in [1.807, 2.05) is 6.92 Å². The third kappa shape index (κ3) is 4.93. The molecule has 0 spiro atoms. The van der Waals surface area contributed by atoms with Gasteiger partial charge in [-0.3, -0.25) is 4.79 Å². The minimum atomic E-state index is -4.75. The van der Waals surface area contributed by atoms with Crippen LogP contribution in [-0.4, -0.2) is 40.3 Å². The number of benzene rings is 2. The molecule has 31 heavy (non-hydrogen) atoms. The minimum Gasteiger partial charge on any atom is -0.491 e. The van der Waals surface area contributed by atoms with Crippen molar-refractivity contribution < 1.29 is 27.4 Å². The van der Waals surface area contributed by atoms with E-state index in [-0.39, 0.29) is 18.2 Å². The lowest BCUT2D eigenvalue weighted by molar-refractivity contribution is -0.274. The average molecular weight is 429 g/mol. The molecule has 3 aromatic rings. The number of carbonyl (C=O) groups is 1. The van der Waals surface area contributed by atoms with Crippen LogP contribution in [0, 0.1) is 6.92 Å². The van der Waals surface area contributed by atoms with Crippen LogP contribution in [0.5, 0.6) is 11.5 Å². The number of rotatable bonds is 4. The summed E-state index contributed by atoms with van der Waals surface area (Å²) >= 11 is 0. The van der Waals surface area contributed by atoms with E-state index in [1.165, 1.54) is 24.3 Å². The molecule has 0 aliphatic carbocycles. The number of hydrogen-bond acceptors (Lipinski definition) is 5. The zero-order valence-electron chi connectivity index (χ0n) is 16.5. The summed E-state index contributed by atoms with van der Waals surface area (Å²) in [4.78, 5) is 23.3. The molecule has 0 fully saturated rings. The van der Waals surface area contributed by atoms with Crippen LogP contribution in [0.25, 0.3) is 11.1 Å². The molecule has 6 nitrogen and oxygen atoms in total. The highest BCUT2D eigenvalue weighted by molar-refractivity contribution is 5.98. The van der Waals surface area contributed by atoms with Crippen molar-refractivity contribution in [2.75, 3.05) is 13.2 Å². The lowest BCUT2D eigenvalue weighted by atomic mass is 10.0. The number of fused-ring (bicyclic) bond motifs is 1. The lowest BCUT2D eigenvalue weighted by Gasteiger charge is -2.19. The summed E-state index contributed by atoms with van der Waals surface area (Å²) in [5.74, 6) is 0.456. The Morgan fingerprint density at radius 2 is 1.84 bits per heavy atom. The van der Waals surface area contributed by atoms with Crippen LogP contribution in [0.15, 0.2) is 54.7 Å². The second-order valence-electron chi connectivity index (χ2n) is 6.97. The van der Waals surface area contributed by atoms with Crippen LogP contribution in [0.2, 0.25) is 0 Å². The van der Waals surface area contributed by atoms with Crippen molar-refractivity contribution in [2.45, 2.75) is 19.8 Å². The molecule has 0 unspecified atom stereocenters. The molecule has 1 amide bonds. The fourth-order valence-electron chi connectivity index (χ4n) is 3.29. The number of aromatic nitrogens is 2. The quantitative estimate of drug-likeness (QED) is 0.616. The van der Waals surface area contributed by atoms with Gasteiger partial charge >= 0.3 is 6.36 Å².